The van der Waals surface area contributed by atoms with Gasteiger partial charge in [0.2, 0.25) is 0 Å². The number of benzene rings is 2. The maximum Gasteiger partial charge on any atom is 0.251 e. The number of hydrogen-bond donors (Lipinski definition) is 1. The maximum absolute atomic E-state index is 12.6. The third kappa shape index (κ3) is 5.64. The van der Waals surface area contributed by atoms with Gasteiger partial charge in [-0.25, -0.2) is 4.98 Å². The second kappa shape index (κ2) is 10.4. The molecule has 0 saturated carbocycles. The van der Waals surface area contributed by atoms with Crippen molar-refractivity contribution < 1.29 is 14.3 Å². The Labute approximate surface area is 187 Å². The van der Waals surface area contributed by atoms with Crippen LogP contribution in [0.4, 0.5) is 0 Å². The normalized spacial score (nSPS) is 12.8. The van der Waals surface area contributed by atoms with E-state index in [1.54, 1.807) is 25.3 Å². The minimum absolute atomic E-state index is 0.105. The lowest BCUT2D eigenvalue weighted by molar-refractivity contribution is 0.0952. The number of nitrogens with zero attached hydrogens (tertiary/aromatic N) is 1. The van der Waals surface area contributed by atoms with Crippen LogP contribution < -0.4 is 14.8 Å². The minimum atomic E-state index is -0.105. The van der Waals surface area contributed by atoms with Crippen LogP contribution in [0.5, 0.6) is 11.5 Å². The van der Waals surface area contributed by atoms with E-state index in [1.807, 2.05) is 41.7 Å². The quantitative estimate of drug-likeness (QED) is 0.481. The van der Waals surface area contributed by atoms with Crippen molar-refractivity contribution in [3.05, 3.63) is 75.2 Å². The molecule has 0 aliphatic heterocycles. The third-order valence-electron chi connectivity index (χ3n) is 5.41. The van der Waals surface area contributed by atoms with E-state index < -0.39 is 0 Å². The zero-order chi connectivity index (χ0) is 21.5. The topological polar surface area (TPSA) is 60.5 Å². The van der Waals surface area contributed by atoms with E-state index in [1.165, 1.54) is 34.8 Å². The number of ether oxygens (including phenoxy) is 2. The number of amides is 1. The maximum atomic E-state index is 12.6. The predicted molar refractivity (Wildman–Crippen MR) is 123 cm³/mol. The highest BCUT2D eigenvalue weighted by Crippen LogP contribution is 2.29. The largest absolute Gasteiger partial charge is 0.493 e. The smallest absolute Gasteiger partial charge is 0.251 e. The first-order chi connectivity index (χ1) is 15.2. The van der Waals surface area contributed by atoms with Crippen LogP contribution in [0.1, 0.15) is 50.8 Å². The van der Waals surface area contributed by atoms with Crippen LogP contribution in [0.2, 0.25) is 0 Å². The van der Waals surface area contributed by atoms with Gasteiger partial charge in [0, 0.05) is 23.4 Å². The first-order valence-electron chi connectivity index (χ1n) is 10.8. The van der Waals surface area contributed by atoms with Crippen molar-refractivity contribution in [3.63, 3.8) is 0 Å². The van der Waals surface area contributed by atoms with Crippen molar-refractivity contribution in [2.24, 2.45) is 0 Å². The number of aryl methyl sites for hydroxylation is 3. The Morgan fingerprint density at radius 1 is 1.10 bits per heavy atom. The number of aromatic nitrogens is 1. The molecule has 1 aliphatic carbocycles. The SMILES string of the molecule is COc1cc(C(=O)NCCCc2nc3c(s2)CCCC3)ccc1OCc1ccccc1. The van der Waals surface area contributed by atoms with Gasteiger partial charge in [-0.05, 0) is 55.9 Å². The number of methoxy groups -OCH3 is 1. The lowest BCUT2D eigenvalue weighted by Gasteiger charge is -2.12. The van der Waals surface area contributed by atoms with Crippen LogP contribution >= 0.6 is 11.3 Å². The molecule has 0 fully saturated rings. The van der Waals surface area contributed by atoms with Crippen LogP contribution in [0.3, 0.4) is 0 Å². The Hall–Kier alpha value is -2.86. The predicted octanol–water partition coefficient (Wildman–Crippen LogP) is 4.97. The summed E-state index contributed by atoms with van der Waals surface area (Å²) >= 11 is 1.85. The van der Waals surface area contributed by atoms with Crippen LogP contribution in [0, 0.1) is 0 Å². The molecule has 5 nitrogen and oxygen atoms in total. The summed E-state index contributed by atoms with van der Waals surface area (Å²) in [6.07, 6.45) is 6.63. The molecule has 1 aromatic heterocycles. The molecule has 3 aromatic rings. The summed E-state index contributed by atoms with van der Waals surface area (Å²) < 4.78 is 11.3. The lowest BCUT2D eigenvalue weighted by Crippen LogP contribution is -2.24. The van der Waals surface area contributed by atoms with Gasteiger partial charge in [0.1, 0.15) is 6.61 Å². The fourth-order valence-corrected chi connectivity index (χ4v) is 4.92. The Bertz CT molecular complexity index is 993. The highest BCUT2D eigenvalue weighted by molar-refractivity contribution is 7.11. The van der Waals surface area contributed by atoms with Crippen molar-refractivity contribution >= 4 is 17.2 Å². The molecular weight excluding hydrogens is 408 g/mol. The van der Waals surface area contributed by atoms with E-state index in [0.29, 0.717) is 30.2 Å². The number of hydrogen-bond acceptors (Lipinski definition) is 5. The number of carbonyl (C=O) groups is 1. The fraction of sp³-hybridized carbons (Fsp3) is 0.360. The summed E-state index contributed by atoms with van der Waals surface area (Å²) in [4.78, 5) is 18.8. The number of rotatable bonds is 9. The molecule has 1 amide bonds. The standard InChI is InChI=1S/C25H28N2O3S/c1-29-22-16-19(13-14-21(22)30-17-18-8-3-2-4-9-18)25(28)26-15-7-12-24-27-20-10-5-6-11-23(20)31-24/h2-4,8-9,13-14,16H,5-7,10-12,15,17H2,1H3,(H,26,28). The summed E-state index contributed by atoms with van der Waals surface area (Å²) in [5, 5.41) is 4.20. The molecule has 6 heteroatoms. The van der Waals surface area contributed by atoms with Crippen LogP contribution in [0.15, 0.2) is 48.5 Å². The highest BCUT2D eigenvalue weighted by Gasteiger charge is 2.15. The van der Waals surface area contributed by atoms with Crippen LogP contribution in [-0.2, 0) is 25.9 Å². The molecule has 1 aliphatic rings. The number of fused-ring (bicyclic) bond motifs is 1. The van der Waals surface area contributed by atoms with Gasteiger partial charge in [0.15, 0.2) is 11.5 Å². The van der Waals surface area contributed by atoms with Crippen LogP contribution in [-0.4, -0.2) is 24.5 Å². The first-order valence-corrected chi connectivity index (χ1v) is 11.6. The van der Waals surface area contributed by atoms with Gasteiger partial charge in [-0.3, -0.25) is 4.79 Å². The summed E-state index contributed by atoms with van der Waals surface area (Å²) in [5.74, 6) is 1.07. The molecule has 0 unspecified atom stereocenters. The molecule has 4 rings (SSSR count). The van der Waals surface area contributed by atoms with Crippen molar-refractivity contribution in [2.75, 3.05) is 13.7 Å². The molecule has 1 N–H and O–H groups in total. The Kier molecular flexibility index (Phi) is 7.20. The van der Waals surface area contributed by atoms with E-state index in [4.69, 9.17) is 14.5 Å². The Morgan fingerprint density at radius 3 is 2.74 bits per heavy atom. The average Bonchev–Trinajstić information content (AvgIpc) is 3.24. The van der Waals surface area contributed by atoms with E-state index in [-0.39, 0.29) is 5.91 Å². The van der Waals surface area contributed by atoms with Gasteiger partial charge < -0.3 is 14.8 Å². The van der Waals surface area contributed by atoms with E-state index >= 15 is 0 Å². The van der Waals surface area contributed by atoms with Crippen molar-refractivity contribution in [1.29, 1.82) is 0 Å². The Balaban J connectivity index is 1.27. The molecule has 31 heavy (non-hydrogen) atoms. The molecule has 2 aromatic carbocycles. The molecular formula is C25H28N2O3S. The van der Waals surface area contributed by atoms with Gasteiger partial charge in [-0.15, -0.1) is 11.3 Å². The summed E-state index contributed by atoms with van der Waals surface area (Å²) in [5.41, 5.74) is 2.94. The van der Waals surface area contributed by atoms with Gasteiger partial charge in [-0.1, -0.05) is 30.3 Å². The zero-order valence-electron chi connectivity index (χ0n) is 17.9. The molecule has 0 spiro atoms. The number of nitrogens with one attached hydrogen (secondary N) is 1. The number of carbonyl (C=O) groups excluding carboxylic acids is 1. The molecule has 162 valence electrons. The lowest BCUT2D eigenvalue weighted by atomic mass is 10.0. The molecule has 0 bridgehead atoms. The molecule has 0 radical (unpaired) electrons. The van der Waals surface area contributed by atoms with E-state index in [9.17, 15) is 4.79 Å². The second-order valence-electron chi connectivity index (χ2n) is 7.68. The number of thiazole rings is 1. The second-order valence-corrected chi connectivity index (χ2v) is 8.85. The third-order valence-corrected chi connectivity index (χ3v) is 6.62. The van der Waals surface area contributed by atoms with Crippen LogP contribution in [0.25, 0.3) is 0 Å². The summed E-state index contributed by atoms with van der Waals surface area (Å²) in [6.45, 7) is 1.07. The zero-order valence-corrected chi connectivity index (χ0v) is 18.7. The van der Waals surface area contributed by atoms with E-state index in [2.05, 4.69) is 5.32 Å². The highest BCUT2D eigenvalue weighted by atomic mass is 32.1. The average molecular weight is 437 g/mol. The fourth-order valence-electron chi connectivity index (χ4n) is 3.72. The monoisotopic (exact) mass is 436 g/mol. The van der Waals surface area contributed by atoms with Gasteiger partial charge >= 0.3 is 0 Å². The molecule has 1 heterocycles. The van der Waals surface area contributed by atoms with Crippen molar-refractivity contribution in [1.82, 2.24) is 10.3 Å². The van der Waals surface area contributed by atoms with Crippen molar-refractivity contribution in [2.45, 2.75) is 45.1 Å². The van der Waals surface area contributed by atoms with Gasteiger partial charge in [0.05, 0.1) is 17.8 Å². The Morgan fingerprint density at radius 2 is 1.94 bits per heavy atom. The van der Waals surface area contributed by atoms with Crippen molar-refractivity contribution in [3.8, 4) is 11.5 Å². The van der Waals surface area contributed by atoms with E-state index in [0.717, 1.165) is 24.8 Å². The molecule has 0 atom stereocenters. The summed E-state index contributed by atoms with van der Waals surface area (Å²) in [6, 6.07) is 15.2. The van der Waals surface area contributed by atoms with Gasteiger partial charge in [0.25, 0.3) is 5.91 Å². The first kappa shape index (κ1) is 21.4. The summed E-state index contributed by atoms with van der Waals surface area (Å²) in [7, 11) is 1.58. The minimum Gasteiger partial charge on any atom is -0.493 e. The molecule has 0 saturated heterocycles. The van der Waals surface area contributed by atoms with Gasteiger partial charge in [-0.2, -0.15) is 0 Å².